The van der Waals surface area contributed by atoms with Gasteiger partial charge in [-0.25, -0.2) is 4.98 Å². The number of carbonyl (C=O) groups excluding carboxylic acids is 1. The molecule has 29 heavy (non-hydrogen) atoms. The van der Waals surface area contributed by atoms with E-state index in [-0.39, 0.29) is 24.0 Å². The fourth-order valence-electron chi connectivity index (χ4n) is 3.11. The van der Waals surface area contributed by atoms with Crippen molar-refractivity contribution in [1.82, 2.24) is 15.0 Å². The van der Waals surface area contributed by atoms with Gasteiger partial charge < -0.3 is 14.2 Å². The summed E-state index contributed by atoms with van der Waals surface area (Å²) in [6.45, 7) is 0.625. The number of ether oxygens (including phenoxy) is 1. The molecule has 1 atom stereocenters. The number of pyridine rings is 1. The van der Waals surface area contributed by atoms with Gasteiger partial charge in [-0.1, -0.05) is 35.5 Å². The number of hydrogen-bond donors (Lipinski definition) is 0. The molecule has 0 spiro atoms. The zero-order chi connectivity index (χ0) is 20.4. The van der Waals surface area contributed by atoms with E-state index < -0.39 is 17.8 Å². The molecular weight excluding hydrogens is 387 g/mol. The van der Waals surface area contributed by atoms with Crippen LogP contribution in [0.1, 0.15) is 22.5 Å². The third-order valence-corrected chi connectivity index (χ3v) is 4.57. The number of amides is 1. The molecule has 1 amide bonds. The van der Waals surface area contributed by atoms with Crippen molar-refractivity contribution in [2.24, 2.45) is 0 Å². The van der Waals surface area contributed by atoms with Gasteiger partial charge in [-0.3, -0.25) is 4.79 Å². The third kappa shape index (κ3) is 4.23. The van der Waals surface area contributed by atoms with Gasteiger partial charge in [0.05, 0.1) is 12.1 Å². The van der Waals surface area contributed by atoms with Crippen LogP contribution >= 0.6 is 0 Å². The van der Waals surface area contributed by atoms with E-state index in [9.17, 15) is 18.0 Å². The van der Waals surface area contributed by atoms with E-state index in [2.05, 4.69) is 10.1 Å². The predicted molar refractivity (Wildman–Crippen MR) is 96.1 cm³/mol. The fraction of sp³-hybridized carbons (Fsp3) is 0.250. The molecule has 1 aliphatic rings. The Morgan fingerprint density at radius 2 is 1.97 bits per heavy atom. The molecule has 1 fully saturated rings. The second-order valence-corrected chi connectivity index (χ2v) is 6.60. The molecule has 6 nitrogen and oxygen atoms in total. The van der Waals surface area contributed by atoms with E-state index in [1.54, 1.807) is 6.07 Å². The summed E-state index contributed by atoms with van der Waals surface area (Å²) in [6.07, 6.45) is -3.39. The highest BCUT2D eigenvalue weighted by molar-refractivity contribution is 5.93. The Morgan fingerprint density at radius 3 is 2.72 bits per heavy atom. The molecule has 1 saturated heterocycles. The summed E-state index contributed by atoms with van der Waals surface area (Å²) in [5.41, 5.74) is 0.142. The molecule has 0 bridgehead atoms. The van der Waals surface area contributed by atoms with Gasteiger partial charge in [-0.05, 0) is 6.07 Å². The number of hydrogen-bond acceptors (Lipinski definition) is 5. The molecule has 150 valence electrons. The number of carbonyl (C=O) groups is 1. The average Bonchev–Trinajstić information content (AvgIpc) is 3.38. The second kappa shape index (κ2) is 7.57. The summed E-state index contributed by atoms with van der Waals surface area (Å²) >= 11 is 0. The highest BCUT2D eigenvalue weighted by atomic mass is 19.4. The Morgan fingerprint density at radius 1 is 1.17 bits per heavy atom. The van der Waals surface area contributed by atoms with Crippen molar-refractivity contribution in [2.45, 2.75) is 18.7 Å². The zero-order valence-corrected chi connectivity index (χ0v) is 15.1. The minimum absolute atomic E-state index is 0.119. The molecule has 0 N–H and O–H groups in total. The quantitative estimate of drug-likeness (QED) is 0.658. The first-order valence-electron chi connectivity index (χ1n) is 8.91. The molecule has 4 rings (SSSR count). The lowest BCUT2D eigenvalue weighted by atomic mass is 10.1. The molecule has 1 aliphatic heterocycles. The molecule has 1 aromatic carbocycles. The van der Waals surface area contributed by atoms with Crippen molar-refractivity contribution in [3.63, 3.8) is 0 Å². The standard InChI is InChI=1S/C20H16F3N3O3/c21-20(22,23)14-6-8-24-18(10-14)28-15-7-9-26(12-15)19(27)16-11-17(29-25-16)13-4-2-1-3-5-13/h1-6,8,10-11,15H,7,9,12H2. The van der Waals surface area contributed by atoms with Crippen LogP contribution in [0.15, 0.2) is 59.3 Å². The summed E-state index contributed by atoms with van der Waals surface area (Å²) < 4.78 is 49.2. The van der Waals surface area contributed by atoms with Crippen molar-refractivity contribution in [3.8, 4) is 17.2 Å². The first-order chi connectivity index (χ1) is 13.9. The maximum Gasteiger partial charge on any atom is 0.416 e. The second-order valence-electron chi connectivity index (χ2n) is 6.60. The van der Waals surface area contributed by atoms with Gasteiger partial charge in [0, 0.05) is 36.9 Å². The fourth-order valence-corrected chi connectivity index (χ4v) is 3.11. The van der Waals surface area contributed by atoms with Crippen LogP contribution in [0.2, 0.25) is 0 Å². The molecule has 0 aliphatic carbocycles. The maximum atomic E-state index is 12.8. The molecule has 2 aromatic heterocycles. The van der Waals surface area contributed by atoms with E-state index in [0.717, 1.165) is 23.9 Å². The lowest BCUT2D eigenvalue weighted by Gasteiger charge is -2.16. The monoisotopic (exact) mass is 403 g/mol. The zero-order valence-electron chi connectivity index (χ0n) is 15.1. The number of nitrogens with zero attached hydrogens (tertiary/aromatic N) is 3. The summed E-state index contributed by atoms with van der Waals surface area (Å²) in [5.74, 6) is 0.0417. The van der Waals surface area contributed by atoms with Crippen LogP contribution in [0.3, 0.4) is 0 Å². The van der Waals surface area contributed by atoms with E-state index in [1.807, 2.05) is 30.3 Å². The van der Waals surface area contributed by atoms with E-state index in [0.29, 0.717) is 18.7 Å². The molecule has 0 radical (unpaired) electrons. The summed E-state index contributed by atoms with van der Waals surface area (Å²) in [4.78, 5) is 18.0. The van der Waals surface area contributed by atoms with E-state index >= 15 is 0 Å². The van der Waals surface area contributed by atoms with Gasteiger partial charge >= 0.3 is 6.18 Å². The van der Waals surface area contributed by atoms with Crippen LogP contribution in [-0.4, -0.2) is 40.1 Å². The Kier molecular flexibility index (Phi) is 4.96. The van der Waals surface area contributed by atoms with E-state index in [4.69, 9.17) is 9.26 Å². The Labute approximate surface area is 163 Å². The van der Waals surface area contributed by atoms with Crippen LogP contribution in [0, 0.1) is 0 Å². The highest BCUT2D eigenvalue weighted by Crippen LogP contribution is 2.31. The van der Waals surface area contributed by atoms with Crippen LogP contribution in [0.5, 0.6) is 5.88 Å². The van der Waals surface area contributed by atoms with Gasteiger partial charge in [-0.2, -0.15) is 13.2 Å². The summed E-state index contributed by atoms with van der Waals surface area (Å²) in [7, 11) is 0. The van der Waals surface area contributed by atoms with Crippen LogP contribution in [0.4, 0.5) is 13.2 Å². The third-order valence-electron chi connectivity index (χ3n) is 4.57. The van der Waals surface area contributed by atoms with Crippen molar-refractivity contribution < 1.29 is 27.2 Å². The van der Waals surface area contributed by atoms with Crippen LogP contribution in [0.25, 0.3) is 11.3 Å². The molecule has 3 heterocycles. The van der Waals surface area contributed by atoms with Crippen molar-refractivity contribution in [3.05, 3.63) is 66.0 Å². The lowest BCUT2D eigenvalue weighted by Crippen LogP contribution is -2.31. The average molecular weight is 403 g/mol. The van der Waals surface area contributed by atoms with E-state index in [1.165, 1.54) is 4.90 Å². The Balaban J connectivity index is 1.40. The topological polar surface area (TPSA) is 68.5 Å². The van der Waals surface area contributed by atoms with Crippen molar-refractivity contribution in [1.29, 1.82) is 0 Å². The number of halogens is 3. The Bertz CT molecular complexity index is 1000. The molecular formula is C20H16F3N3O3. The number of alkyl halides is 3. The first-order valence-corrected chi connectivity index (χ1v) is 8.91. The lowest BCUT2D eigenvalue weighted by molar-refractivity contribution is -0.137. The maximum absolute atomic E-state index is 12.8. The van der Waals surface area contributed by atoms with Crippen LogP contribution in [-0.2, 0) is 6.18 Å². The highest BCUT2D eigenvalue weighted by Gasteiger charge is 2.33. The van der Waals surface area contributed by atoms with Gasteiger partial charge in [0.2, 0.25) is 5.88 Å². The number of aromatic nitrogens is 2. The minimum atomic E-state index is -4.47. The van der Waals surface area contributed by atoms with Gasteiger partial charge in [-0.15, -0.1) is 0 Å². The van der Waals surface area contributed by atoms with Crippen molar-refractivity contribution >= 4 is 5.91 Å². The number of benzene rings is 1. The summed E-state index contributed by atoms with van der Waals surface area (Å²) in [6, 6.07) is 12.6. The number of likely N-dealkylation sites (tertiary alicyclic amines) is 1. The molecule has 3 aromatic rings. The molecule has 1 unspecified atom stereocenters. The number of rotatable bonds is 4. The van der Waals surface area contributed by atoms with Gasteiger partial charge in [0.15, 0.2) is 11.5 Å². The van der Waals surface area contributed by atoms with Crippen LogP contribution < -0.4 is 4.74 Å². The molecule has 9 heteroatoms. The van der Waals surface area contributed by atoms with Gasteiger partial charge in [0.1, 0.15) is 6.10 Å². The Hall–Kier alpha value is -3.36. The smallest absolute Gasteiger partial charge is 0.416 e. The molecule has 0 saturated carbocycles. The SMILES string of the molecule is O=C(c1cc(-c2ccccc2)on1)N1CCC(Oc2cc(C(F)(F)F)ccn2)C1. The predicted octanol–water partition coefficient (Wildman–Crippen LogP) is 4.05. The van der Waals surface area contributed by atoms with Crippen molar-refractivity contribution in [2.75, 3.05) is 13.1 Å². The normalized spacial score (nSPS) is 16.8. The largest absolute Gasteiger partial charge is 0.472 e. The summed E-state index contributed by atoms with van der Waals surface area (Å²) in [5, 5.41) is 3.84. The van der Waals surface area contributed by atoms with Gasteiger partial charge in [0.25, 0.3) is 5.91 Å². The first kappa shape index (κ1) is 19.0. The minimum Gasteiger partial charge on any atom is -0.472 e.